The predicted molar refractivity (Wildman–Crippen MR) is 135 cm³/mol. The van der Waals surface area contributed by atoms with Gasteiger partial charge in [-0.2, -0.15) is 0 Å². The number of hydrogen-bond acceptors (Lipinski definition) is 3. The fourth-order valence-electron chi connectivity index (χ4n) is 10.7. The van der Waals surface area contributed by atoms with E-state index in [2.05, 4.69) is 40.9 Å². The van der Waals surface area contributed by atoms with Crippen LogP contribution in [0.2, 0.25) is 0 Å². The summed E-state index contributed by atoms with van der Waals surface area (Å²) in [5.74, 6) is 1.03. The molecule has 5 saturated carbocycles. The number of hydrogen-bond donors (Lipinski definition) is 2. The van der Waals surface area contributed by atoms with Crippen molar-refractivity contribution in [1.29, 1.82) is 0 Å². The number of carboxylic acids is 1. The highest BCUT2D eigenvalue weighted by Crippen LogP contribution is 2.74. The van der Waals surface area contributed by atoms with E-state index in [-0.39, 0.29) is 22.5 Å². The lowest BCUT2D eigenvalue weighted by atomic mass is 9.34. The second-order valence-corrected chi connectivity index (χ2v) is 13.7. The molecule has 5 aliphatic carbocycles. The topological polar surface area (TPSA) is 74.6 Å². The fraction of sp³-hybridized carbons (Fsp3) is 0.867. The van der Waals surface area contributed by atoms with Crippen molar-refractivity contribution < 1.29 is 19.8 Å². The van der Waals surface area contributed by atoms with E-state index in [4.69, 9.17) is 0 Å². The number of carboxylic acid groups (broad SMARTS) is 1. The molecule has 34 heavy (non-hydrogen) atoms. The Labute approximate surface area is 207 Å². The van der Waals surface area contributed by atoms with Crippen LogP contribution in [-0.4, -0.2) is 28.1 Å². The summed E-state index contributed by atoms with van der Waals surface area (Å²) in [7, 11) is 0. The lowest BCUT2D eigenvalue weighted by molar-refractivity contribution is -0.230. The molecule has 5 aliphatic rings. The van der Waals surface area contributed by atoms with Gasteiger partial charge < -0.3 is 10.2 Å². The number of Topliss-reactive ketones (excluding diaryl/α,β-unsaturated/α-hetero) is 1. The maximum atomic E-state index is 12.8. The third kappa shape index (κ3) is 3.26. The predicted octanol–water partition coefficient (Wildman–Crippen LogP) is 6.51. The standard InChI is InChI=1S/C28H44O4.C2H4/c1-16-6-9-25(3)12-13-26(4)18(19(25)14-16)7-10-27(5)21(26)8-11-28(24(31)32)17(2)23(30)20(29)15-22(27)28;1-2/h16-22,29H,6-15H2,1-5H3,(H,31,32);1-2H2. The molecule has 0 amide bonds. The Balaban J connectivity index is 0.00000133. The fourth-order valence-corrected chi connectivity index (χ4v) is 10.7. The van der Waals surface area contributed by atoms with Gasteiger partial charge in [0.15, 0.2) is 5.78 Å². The summed E-state index contributed by atoms with van der Waals surface area (Å²) < 4.78 is 0. The van der Waals surface area contributed by atoms with Gasteiger partial charge in [-0.15, -0.1) is 13.2 Å². The highest BCUT2D eigenvalue weighted by atomic mass is 16.4. The average molecular weight is 473 g/mol. The average Bonchev–Trinajstić information content (AvgIpc) is 2.80. The van der Waals surface area contributed by atoms with Crippen LogP contribution in [0.5, 0.6) is 0 Å². The van der Waals surface area contributed by atoms with Gasteiger partial charge in [-0.3, -0.25) is 9.59 Å². The van der Waals surface area contributed by atoms with E-state index in [0.29, 0.717) is 24.2 Å². The minimum Gasteiger partial charge on any atom is -0.481 e. The van der Waals surface area contributed by atoms with Crippen molar-refractivity contribution in [3.8, 4) is 0 Å². The molecule has 4 heteroatoms. The molecule has 0 aromatic rings. The van der Waals surface area contributed by atoms with Gasteiger partial charge in [0, 0.05) is 5.92 Å². The Hall–Kier alpha value is -1.16. The van der Waals surface area contributed by atoms with Crippen LogP contribution in [0.3, 0.4) is 0 Å². The molecule has 5 fully saturated rings. The lowest BCUT2D eigenvalue weighted by Gasteiger charge is -2.70. The van der Waals surface area contributed by atoms with Crippen LogP contribution in [0.1, 0.15) is 98.8 Å². The zero-order valence-corrected chi connectivity index (χ0v) is 22.2. The van der Waals surface area contributed by atoms with Crippen molar-refractivity contribution in [2.75, 3.05) is 0 Å². The van der Waals surface area contributed by atoms with E-state index >= 15 is 0 Å². The zero-order valence-electron chi connectivity index (χ0n) is 22.2. The van der Waals surface area contributed by atoms with Crippen molar-refractivity contribution in [2.45, 2.75) is 105 Å². The van der Waals surface area contributed by atoms with Crippen molar-refractivity contribution in [3.63, 3.8) is 0 Å². The molecule has 0 aromatic carbocycles. The molecule has 0 aliphatic heterocycles. The maximum Gasteiger partial charge on any atom is 0.310 e. The second-order valence-electron chi connectivity index (χ2n) is 13.7. The number of rotatable bonds is 1. The summed E-state index contributed by atoms with van der Waals surface area (Å²) >= 11 is 0. The highest BCUT2D eigenvalue weighted by molar-refractivity contribution is 5.92. The number of carbonyl (C=O) groups excluding carboxylic acids is 1. The Kier molecular flexibility index (Phi) is 6.45. The first-order chi connectivity index (χ1) is 15.9. The molecule has 11 atom stereocenters. The van der Waals surface area contributed by atoms with Crippen LogP contribution < -0.4 is 0 Å². The molecule has 11 unspecified atom stereocenters. The molecule has 0 bridgehead atoms. The number of aliphatic hydroxyl groups is 1. The molecule has 5 rings (SSSR count). The Morgan fingerprint density at radius 1 is 0.853 bits per heavy atom. The van der Waals surface area contributed by atoms with Crippen LogP contribution in [-0.2, 0) is 9.59 Å². The van der Waals surface area contributed by atoms with Crippen molar-refractivity contribution in [3.05, 3.63) is 13.2 Å². The van der Waals surface area contributed by atoms with Gasteiger partial charge in [-0.25, -0.2) is 0 Å². The molecule has 0 heterocycles. The van der Waals surface area contributed by atoms with Crippen LogP contribution in [0.25, 0.3) is 0 Å². The van der Waals surface area contributed by atoms with E-state index in [9.17, 15) is 19.8 Å². The minimum absolute atomic E-state index is 0.119. The monoisotopic (exact) mass is 472 g/mol. The highest BCUT2D eigenvalue weighted by Gasteiger charge is 2.70. The van der Waals surface area contributed by atoms with Crippen molar-refractivity contribution in [1.82, 2.24) is 0 Å². The van der Waals surface area contributed by atoms with Crippen molar-refractivity contribution in [2.24, 2.45) is 57.2 Å². The summed E-state index contributed by atoms with van der Waals surface area (Å²) in [6, 6.07) is 0. The second kappa shape index (κ2) is 8.46. The summed E-state index contributed by atoms with van der Waals surface area (Å²) in [5.41, 5.74) is -0.403. The maximum absolute atomic E-state index is 12.8. The van der Waals surface area contributed by atoms with Crippen LogP contribution in [0.4, 0.5) is 0 Å². The number of ketones is 1. The first-order valence-electron chi connectivity index (χ1n) is 13.9. The van der Waals surface area contributed by atoms with Gasteiger partial charge in [-0.05, 0) is 104 Å². The van der Waals surface area contributed by atoms with Crippen molar-refractivity contribution >= 4 is 11.8 Å². The van der Waals surface area contributed by atoms with Gasteiger partial charge in [0.2, 0.25) is 0 Å². The third-order valence-corrected chi connectivity index (χ3v) is 12.6. The summed E-state index contributed by atoms with van der Waals surface area (Å²) in [6.45, 7) is 17.6. The van der Waals surface area contributed by atoms with Gasteiger partial charge in [-0.1, -0.05) is 41.0 Å². The minimum atomic E-state index is -1.01. The number of aliphatic hydroxyl groups excluding tert-OH is 1. The molecule has 0 spiro atoms. The first-order valence-corrected chi connectivity index (χ1v) is 13.9. The Morgan fingerprint density at radius 3 is 2.18 bits per heavy atom. The van der Waals surface area contributed by atoms with E-state index in [1.807, 2.05) is 0 Å². The Morgan fingerprint density at radius 2 is 1.53 bits per heavy atom. The van der Waals surface area contributed by atoms with E-state index in [0.717, 1.165) is 30.6 Å². The molecular formula is C30H48O4. The van der Waals surface area contributed by atoms with Gasteiger partial charge in [0.1, 0.15) is 6.10 Å². The number of carbonyl (C=O) groups is 2. The SMILES string of the molecule is C=C.CC1CCC2(C)CCC3(C)C(CCC4(C)C3CCC3(C(=O)O)C(C)C(=O)C(O)CC43)C2C1. The molecule has 0 radical (unpaired) electrons. The summed E-state index contributed by atoms with van der Waals surface area (Å²) in [6.07, 6.45) is 9.71. The van der Waals surface area contributed by atoms with E-state index in [1.54, 1.807) is 6.92 Å². The van der Waals surface area contributed by atoms with Gasteiger partial charge in [0.25, 0.3) is 0 Å². The molecule has 4 nitrogen and oxygen atoms in total. The van der Waals surface area contributed by atoms with Crippen LogP contribution in [0, 0.1) is 57.2 Å². The number of aliphatic carboxylic acids is 1. The zero-order chi connectivity index (χ0) is 25.3. The van der Waals surface area contributed by atoms with Crippen LogP contribution >= 0.6 is 0 Å². The molecule has 2 N–H and O–H groups in total. The largest absolute Gasteiger partial charge is 0.481 e. The third-order valence-electron chi connectivity index (χ3n) is 12.6. The van der Waals surface area contributed by atoms with E-state index < -0.39 is 23.4 Å². The van der Waals surface area contributed by atoms with Gasteiger partial charge in [0.05, 0.1) is 5.41 Å². The smallest absolute Gasteiger partial charge is 0.310 e. The van der Waals surface area contributed by atoms with E-state index in [1.165, 1.54) is 38.5 Å². The molecule has 0 saturated heterocycles. The number of fused-ring (bicyclic) bond motifs is 7. The van der Waals surface area contributed by atoms with Gasteiger partial charge >= 0.3 is 5.97 Å². The normalized spacial score (nSPS) is 54.3. The molecular weight excluding hydrogens is 424 g/mol. The molecule has 192 valence electrons. The lowest BCUT2D eigenvalue weighted by Crippen LogP contribution is -2.67. The first kappa shape index (κ1) is 25.9. The Bertz CT molecular complexity index is 838. The summed E-state index contributed by atoms with van der Waals surface area (Å²) in [5, 5.41) is 21.1. The molecule has 0 aromatic heterocycles. The quantitative estimate of drug-likeness (QED) is 0.426. The van der Waals surface area contributed by atoms with Crippen LogP contribution in [0.15, 0.2) is 13.2 Å². The summed E-state index contributed by atoms with van der Waals surface area (Å²) in [4.78, 5) is 25.5.